The number of benzene rings is 1. The Morgan fingerprint density at radius 2 is 1.90 bits per heavy atom. The van der Waals surface area contributed by atoms with Crippen molar-refractivity contribution in [2.75, 3.05) is 25.5 Å². The van der Waals surface area contributed by atoms with E-state index in [1.165, 1.54) is 0 Å². The lowest BCUT2D eigenvalue weighted by Crippen LogP contribution is -2.50. The van der Waals surface area contributed by atoms with E-state index in [4.69, 9.17) is 10.5 Å². The van der Waals surface area contributed by atoms with Gasteiger partial charge in [0.25, 0.3) is 0 Å². The SMILES string of the molecule is CC(C)(C(=O)NCC1(O)CCOCC1)c1ccc(N)cc1. The monoisotopic (exact) mass is 292 g/mol. The van der Waals surface area contributed by atoms with Gasteiger partial charge in [0.2, 0.25) is 5.91 Å². The van der Waals surface area contributed by atoms with Gasteiger partial charge in [-0.2, -0.15) is 0 Å². The smallest absolute Gasteiger partial charge is 0.230 e. The number of nitrogens with one attached hydrogen (secondary N) is 1. The minimum Gasteiger partial charge on any atom is -0.399 e. The molecule has 1 aliphatic rings. The van der Waals surface area contributed by atoms with E-state index < -0.39 is 11.0 Å². The number of hydrogen-bond acceptors (Lipinski definition) is 4. The zero-order valence-corrected chi connectivity index (χ0v) is 12.7. The molecule has 1 heterocycles. The number of ether oxygens (including phenoxy) is 1. The molecule has 0 aromatic heterocycles. The molecule has 0 atom stereocenters. The number of hydrogen-bond donors (Lipinski definition) is 3. The van der Waals surface area contributed by atoms with Crippen LogP contribution in [0.15, 0.2) is 24.3 Å². The maximum atomic E-state index is 12.5. The minimum atomic E-state index is -0.856. The van der Waals surface area contributed by atoms with Crippen LogP contribution < -0.4 is 11.1 Å². The van der Waals surface area contributed by atoms with Crippen molar-refractivity contribution in [1.82, 2.24) is 5.32 Å². The third-order valence-corrected chi connectivity index (χ3v) is 4.20. The number of nitrogen functional groups attached to an aromatic ring is 1. The summed E-state index contributed by atoms with van der Waals surface area (Å²) >= 11 is 0. The van der Waals surface area contributed by atoms with Crippen molar-refractivity contribution in [2.45, 2.75) is 37.7 Å². The Bertz CT molecular complexity index is 491. The number of amides is 1. The van der Waals surface area contributed by atoms with Gasteiger partial charge in [0.1, 0.15) is 0 Å². The van der Waals surface area contributed by atoms with Gasteiger partial charge in [-0.15, -0.1) is 0 Å². The van der Waals surface area contributed by atoms with Gasteiger partial charge in [0.15, 0.2) is 0 Å². The maximum absolute atomic E-state index is 12.5. The molecule has 0 bridgehead atoms. The summed E-state index contributed by atoms with van der Waals surface area (Å²) < 4.78 is 5.23. The van der Waals surface area contributed by atoms with Crippen molar-refractivity contribution in [2.24, 2.45) is 0 Å². The van der Waals surface area contributed by atoms with Crippen molar-refractivity contribution in [3.05, 3.63) is 29.8 Å². The van der Waals surface area contributed by atoms with Crippen molar-refractivity contribution in [3.63, 3.8) is 0 Å². The summed E-state index contributed by atoms with van der Waals surface area (Å²) in [6, 6.07) is 7.29. The van der Waals surface area contributed by atoms with Crippen molar-refractivity contribution < 1.29 is 14.6 Å². The van der Waals surface area contributed by atoms with E-state index >= 15 is 0 Å². The van der Waals surface area contributed by atoms with Crippen molar-refractivity contribution in [1.29, 1.82) is 0 Å². The molecule has 0 aliphatic carbocycles. The first-order valence-corrected chi connectivity index (χ1v) is 7.28. The number of rotatable bonds is 4. The fraction of sp³-hybridized carbons (Fsp3) is 0.562. The number of aliphatic hydroxyl groups is 1. The Kier molecular flexibility index (Phi) is 4.54. The summed E-state index contributed by atoms with van der Waals surface area (Å²) in [5.41, 5.74) is 5.72. The Balaban J connectivity index is 1.99. The Morgan fingerprint density at radius 3 is 2.48 bits per heavy atom. The Morgan fingerprint density at radius 1 is 1.33 bits per heavy atom. The number of nitrogens with two attached hydrogens (primary N) is 1. The lowest BCUT2D eigenvalue weighted by Gasteiger charge is -2.33. The highest BCUT2D eigenvalue weighted by Gasteiger charge is 2.34. The molecule has 1 aromatic rings. The van der Waals surface area contributed by atoms with E-state index in [0.717, 1.165) is 5.56 Å². The van der Waals surface area contributed by atoms with Crippen LogP contribution in [0.2, 0.25) is 0 Å². The van der Waals surface area contributed by atoms with E-state index in [-0.39, 0.29) is 12.5 Å². The van der Waals surface area contributed by atoms with E-state index in [9.17, 15) is 9.90 Å². The number of anilines is 1. The fourth-order valence-corrected chi connectivity index (χ4v) is 2.42. The second kappa shape index (κ2) is 6.03. The van der Waals surface area contributed by atoms with Crippen LogP contribution in [0.25, 0.3) is 0 Å². The Labute approximate surface area is 125 Å². The topological polar surface area (TPSA) is 84.6 Å². The van der Waals surface area contributed by atoms with Crippen LogP contribution in [0, 0.1) is 0 Å². The molecule has 0 saturated carbocycles. The van der Waals surface area contributed by atoms with Gasteiger partial charge < -0.3 is 20.9 Å². The molecule has 21 heavy (non-hydrogen) atoms. The molecular formula is C16H24N2O3. The summed E-state index contributed by atoms with van der Waals surface area (Å²) in [5, 5.41) is 13.3. The van der Waals surface area contributed by atoms with Crippen LogP contribution in [-0.2, 0) is 14.9 Å². The van der Waals surface area contributed by atoms with Crippen LogP contribution in [-0.4, -0.2) is 36.4 Å². The van der Waals surface area contributed by atoms with Crippen LogP contribution in [0.3, 0.4) is 0 Å². The Hall–Kier alpha value is -1.59. The van der Waals surface area contributed by atoms with Gasteiger partial charge in [0, 0.05) is 38.3 Å². The predicted molar refractivity (Wildman–Crippen MR) is 81.9 cm³/mol. The highest BCUT2D eigenvalue weighted by molar-refractivity contribution is 5.87. The average molecular weight is 292 g/mol. The van der Waals surface area contributed by atoms with E-state index in [1.807, 2.05) is 26.0 Å². The van der Waals surface area contributed by atoms with Gasteiger partial charge in [0.05, 0.1) is 11.0 Å². The van der Waals surface area contributed by atoms with Gasteiger partial charge in [-0.3, -0.25) is 4.79 Å². The average Bonchev–Trinajstić information content (AvgIpc) is 2.46. The number of carbonyl (C=O) groups excluding carboxylic acids is 1. The number of carbonyl (C=O) groups is 1. The zero-order chi connectivity index (χ0) is 15.5. The van der Waals surface area contributed by atoms with E-state index in [1.54, 1.807) is 12.1 Å². The highest BCUT2D eigenvalue weighted by Crippen LogP contribution is 2.25. The van der Waals surface area contributed by atoms with Crippen molar-refractivity contribution in [3.8, 4) is 0 Å². The quantitative estimate of drug-likeness (QED) is 0.728. The molecule has 0 unspecified atom stereocenters. The lowest BCUT2D eigenvalue weighted by atomic mass is 9.83. The molecule has 1 aromatic carbocycles. The summed E-state index contributed by atoms with van der Waals surface area (Å²) in [7, 11) is 0. The second-order valence-corrected chi connectivity index (χ2v) is 6.27. The molecule has 1 amide bonds. The summed E-state index contributed by atoms with van der Waals surface area (Å²) in [6.45, 7) is 5.05. The zero-order valence-electron chi connectivity index (χ0n) is 12.7. The predicted octanol–water partition coefficient (Wildman–Crippen LogP) is 1.20. The van der Waals surface area contributed by atoms with Gasteiger partial charge >= 0.3 is 0 Å². The van der Waals surface area contributed by atoms with Gasteiger partial charge in [-0.05, 0) is 31.5 Å². The second-order valence-electron chi connectivity index (χ2n) is 6.27. The first kappa shape index (κ1) is 15.8. The molecule has 116 valence electrons. The summed E-state index contributed by atoms with van der Waals surface area (Å²) in [4.78, 5) is 12.5. The normalized spacial score (nSPS) is 18.2. The summed E-state index contributed by atoms with van der Waals surface area (Å²) in [6.07, 6.45) is 1.10. The largest absolute Gasteiger partial charge is 0.399 e. The molecular weight excluding hydrogens is 268 g/mol. The standard InChI is InChI=1S/C16H24N2O3/c1-15(2,12-3-5-13(17)6-4-12)14(19)18-11-16(20)7-9-21-10-8-16/h3-6,20H,7-11,17H2,1-2H3,(H,18,19). The minimum absolute atomic E-state index is 0.104. The van der Waals surface area contributed by atoms with Crippen LogP contribution in [0.4, 0.5) is 5.69 Å². The molecule has 2 rings (SSSR count). The maximum Gasteiger partial charge on any atom is 0.230 e. The third-order valence-electron chi connectivity index (χ3n) is 4.20. The first-order chi connectivity index (χ1) is 9.83. The van der Waals surface area contributed by atoms with Crippen LogP contribution >= 0.6 is 0 Å². The molecule has 1 fully saturated rings. The fourth-order valence-electron chi connectivity index (χ4n) is 2.42. The third kappa shape index (κ3) is 3.74. The molecule has 5 nitrogen and oxygen atoms in total. The van der Waals surface area contributed by atoms with Crippen LogP contribution in [0.5, 0.6) is 0 Å². The van der Waals surface area contributed by atoms with E-state index in [0.29, 0.717) is 31.7 Å². The molecule has 0 spiro atoms. The van der Waals surface area contributed by atoms with Gasteiger partial charge in [-0.25, -0.2) is 0 Å². The molecule has 1 aliphatic heterocycles. The lowest BCUT2D eigenvalue weighted by molar-refractivity contribution is -0.128. The highest BCUT2D eigenvalue weighted by atomic mass is 16.5. The van der Waals surface area contributed by atoms with Crippen molar-refractivity contribution >= 4 is 11.6 Å². The van der Waals surface area contributed by atoms with Gasteiger partial charge in [-0.1, -0.05) is 12.1 Å². The molecule has 5 heteroatoms. The molecule has 1 saturated heterocycles. The summed E-state index contributed by atoms with van der Waals surface area (Å²) in [5.74, 6) is -0.104. The first-order valence-electron chi connectivity index (χ1n) is 7.28. The molecule has 4 N–H and O–H groups in total. The van der Waals surface area contributed by atoms with Crippen LogP contribution in [0.1, 0.15) is 32.3 Å². The van der Waals surface area contributed by atoms with E-state index in [2.05, 4.69) is 5.32 Å². The molecule has 0 radical (unpaired) electrons.